The van der Waals surface area contributed by atoms with Crippen molar-refractivity contribution in [1.82, 2.24) is 0 Å². The van der Waals surface area contributed by atoms with Gasteiger partial charge in [0.25, 0.3) is 0 Å². The van der Waals surface area contributed by atoms with E-state index in [0.717, 1.165) is 83.5 Å². The quantitative estimate of drug-likeness (QED) is 0.0263. The highest BCUT2D eigenvalue weighted by molar-refractivity contribution is 5.71. The lowest BCUT2D eigenvalue weighted by molar-refractivity contribution is -0.167. The summed E-state index contributed by atoms with van der Waals surface area (Å²) < 4.78 is 16.7. The van der Waals surface area contributed by atoms with Gasteiger partial charge in [-0.3, -0.25) is 14.4 Å². The first-order valence-corrected chi connectivity index (χ1v) is 25.1. The molecular weight excluding hydrogens is 733 g/mol. The number of rotatable bonds is 45. The summed E-state index contributed by atoms with van der Waals surface area (Å²) in [6, 6.07) is 0. The van der Waals surface area contributed by atoms with Gasteiger partial charge >= 0.3 is 17.9 Å². The standard InChI is InChI=1S/C53H94O6/c1-4-7-10-13-16-19-21-23-25-26-27-28-30-31-34-37-40-43-46-52(55)58-49-50(48-57-51(54)45-42-39-36-33-18-15-12-9-6-3)59-53(56)47-44-41-38-35-32-29-24-22-20-17-14-11-8-5-2/h8,11,17,20,24,29,33,36,50H,4-7,9-10,12-16,18-19,21-23,25-28,30-32,34-35,37-49H2,1-3H3/b11-8-,20-17-,29-24-,36-33-. The molecule has 0 N–H and O–H groups in total. The molecule has 0 aromatic heterocycles. The fourth-order valence-electron chi connectivity index (χ4n) is 7.05. The Morgan fingerprint density at radius 1 is 0.356 bits per heavy atom. The maximum Gasteiger partial charge on any atom is 0.306 e. The molecule has 0 rings (SSSR count). The van der Waals surface area contributed by atoms with Gasteiger partial charge in [-0.25, -0.2) is 0 Å². The Kier molecular flexibility index (Phi) is 45.9. The van der Waals surface area contributed by atoms with Gasteiger partial charge in [0.15, 0.2) is 6.10 Å². The number of esters is 3. The first-order valence-electron chi connectivity index (χ1n) is 25.1. The van der Waals surface area contributed by atoms with Crippen LogP contribution in [0.1, 0.15) is 252 Å². The van der Waals surface area contributed by atoms with Gasteiger partial charge in [-0.1, -0.05) is 211 Å². The minimum absolute atomic E-state index is 0.0887. The largest absolute Gasteiger partial charge is 0.462 e. The molecule has 6 heteroatoms. The molecule has 0 spiro atoms. The zero-order valence-corrected chi connectivity index (χ0v) is 39.0. The smallest absolute Gasteiger partial charge is 0.306 e. The fraction of sp³-hybridized carbons (Fsp3) is 0.792. The molecule has 0 aliphatic rings. The Balaban J connectivity index is 4.32. The molecule has 342 valence electrons. The molecule has 59 heavy (non-hydrogen) atoms. The highest BCUT2D eigenvalue weighted by atomic mass is 16.6. The molecule has 1 unspecified atom stereocenters. The maximum atomic E-state index is 12.7. The van der Waals surface area contributed by atoms with Crippen LogP contribution in [0.5, 0.6) is 0 Å². The topological polar surface area (TPSA) is 78.9 Å². The van der Waals surface area contributed by atoms with Gasteiger partial charge in [0, 0.05) is 19.3 Å². The predicted octanol–water partition coefficient (Wildman–Crippen LogP) is 16.3. The van der Waals surface area contributed by atoms with E-state index in [9.17, 15) is 14.4 Å². The highest BCUT2D eigenvalue weighted by Crippen LogP contribution is 2.15. The third-order valence-electron chi connectivity index (χ3n) is 10.8. The summed E-state index contributed by atoms with van der Waals surface area (Å²) in [6.45, 7) is 6.46. The van der Waals surface area contributed by atoms with Crippen molar-refractivity contribution in [2.45, 2.75) is 258 Å². The third-order valence-corrected chi connectivity index (χ3v) is 10.8. The molecule has 1 atom stereocenters. The first-order chi connectivity index (χ1) is 29.0. The average Bonchev–Trinajstić information content (AvgIpc) is 3.23. The number of allylic oxidation sites excluding steroid dienone is 8. The molecule has 0 aliphatic carbocycles. The summed E-state index contributed by atoms with van der Waals surface area (Å²) in [6.07, 6.45) is 56.8. The molecule has 0 saturated heterocycles. The number of hydrogen-bond acceptors (Lipinski definition) is 6. The normalized spacial score (nSPS) is 12.4. The second-order valence-corrected chi connectivity index (χ2v) is 16.7. The van der Waals surface area contributed by atoms with E-state index >= 15 is 0 Å². The fourth-order valence-corrected chi connectivity index (χ4v) is 7.05. The number of unbranched alkanes of at least 4 members (excludes halogenated alkanes) is 26. The number of carbonyl (C=O) groups excluding carboxylic acids is 3. The van der Waals surface area contributed by atoms with Gasteiger partial charge in [-0.2, -0.15) is 0 Å². The van der Waals surface area contributed by atoms with Crippen molar-refractivity contribution in [3.8, 4) is 0 Å². The van der Waals surface area contributed by atoms with E-state index in [1.807, 2.05) is 0 Å². The second kappa shape index (κ2) is 48.0. The van der Waals surface area contributed by atoms with Crippen LogP contribution in [0.2, 0.25) is 0 Å². The summed E-state index contributed by atoms with van der Waals surface area (Å²) in [4.78, 5) is 37.8. The molecule has 0 aromatic carbocycles. The average molecular weight is 827 g/mol. The van der Waals surface area contributed by atoms with Crippen LogP contribution in [0.25, 0.3) is 0 Å². The van der Waals surface area contributed by atoms with Crippen molar-refractivity contribution >= 4 is 17.9 Å². The van der Waals surface area contributed by atoms with Crippen LogP contribution in [0, 0.1) is 0 Å². The molecule has 0 bridgehead atoms. The Morgan fingerprint density at radius 2 is 0.678 bits per heavy atom. The van der Waals surface area contributed by atoms with Crippen molar-refractivity contribution < 1.29 is 28.6 Å². The van der Waals surface area contributed by atoms with Gasteiger partial charge < -0.3 is 14.2 Å². The van der Waals surface area contributed by atoms with Gasteiger partial charge in [-0.05, 0) is 70.6 Å². The number of carbonyl (C=O) groups is 3. The highest BCUT2D eigenvalue weighted by Gasteiger charge is 2.19. The minimum Gasteiger partial charge on any atom is -0.462 e. The van der Waals surface area contributed by atoms with Crippen LogP contribution in [0.15, 0.2) is 48.6 Å². The summed E-state index contributed by atoms with van der Waals surface area (Å²) in [5.74, 6) is -0.943. The van der Waals surface area contributed by atoms with Crippen LogP contribution in [0.4, 0.5) is 0 Å². The second-order valence-electron chi connectivity index (χ2n) is 16.7. The molecular formula is C53H94O6. The molecule has 0 radical (unpaired) electrons. The lowest BCUT2D eigenvalue weighted by Gasteiger charge is -2.18. The molecule has 0 heterocycles. The lowest BCUT2D eigenvalue weighted by Crippen LogP contribution is -2.30. The minimum atomic E-state index is -0.791. The zero-order chi connectivity index (χ0) is 43.0. The Bertz CT molecular complexity index is 1040. The van der Waals surface area contributed by atoms with Crippen molar-refractivity contribution in [2.75, 3.05) is 13.2 Å². The van der Waals surface area contributed by atoms with E-state index in [2.05, 4.69) is 69.4 Å². The van der Waals surface area contributed by atoms with Crippen LogP contribution < -0.4 is 0 Å². The van der Waals surface area contributed by atoms with E-state index in [0.29, 0.717) is 25.7 Å². The molecule has 0 aromatic rings. The molecule has 0 fully saturated rings. The predicted molar refractivity (Wildman–Crippen MR) is 252 cm³/mol. The van der Waals surface area contributed by atoms with Crippen molar-refractivity contribution in [3.63, 3.8) is 0 Å². The van der Waals surface area contributed by atoms with Crippen LogP contribution in [-0.4, -0.2) is 37.2 Å². The summed E-state index contributed by atoms with van der Waals surface area (Å²) in [5.41, 5.74) is 0. The van der Waals surface area contributed by atoms with Crippen molar-refractivity contribution in [1.29, 1.82) is 0 Å². The molecule has 6 nitrogen and oxygen atoms in total. The monoisotopic (exact) mass is 827 g/mol. The van der Waals surface area contributed by atoms with Gasteiger partial charge in [0.2, 0.25) is 0 Å². The summed E-state index contributed by atoms with van der Waals surface area (Å²) in [7, 11) is 0. The summed E-state index contributed by atoms with van der Waals surface area (Å²) >= 11 is 0. The van der Waals surface area contributed by atoms with E-state index < -0.39 is 6.10 Å². The molecule has 0 saturated carbocycles. The van der Waals surface area contributed by atoms with Crippen LogP contribution >= 0.6 is 0 Å². The van der Waals surface area contributed by atoms with Gasteiger partial charge in [-0.15, -0.1) is 0 Å². The zero-order valence-electron chi connectivity index (χ0n) is 39.0. The lowest BCUT2D eigenvalue weighted by atomic mass is 10.0. The Morgan fingerprint density at radius 3 is 1.14 bits per heavy atom. The van der Waals surface area contributed by atoms with E-state index in [1.54, 1.807) is 0 Å². The van der Waals surface area contributed by atoms with E-state index in [4.69, 9.17) is 14.2 Å². The SMILES string of the molecule is CC/C=C\C/C=C\C/C=C\CCCCCCC(=O)OC(COC(=O)CCC/C=C\CCCCCC)COC(=O)CCCCCCCCCCCCCCCCCCCC. The maximum absolute atomic E-state index is 12.7. The van der Waals surface area contributed by atoms with E-state index in [-0.39, 0.29) is 31.1 Å². The number of hydrogen-bond donors (Lipinski definition) is 0. The molecule has 0 amide bonds. The molecule has 0 aliphatic heterocycles. The van der Waals surface area contributed by atoms with Crippen molar-refractivity contribution in [3.05, 3.63) is 48.6 Å². The third kappa shape index (κ3) is 46.3. The van der Waals surface area contributed by atoms with E-state index in [1.165, 1.54) is 122 Å². The van der Waals surface area contributed by atoms with Crippen LogP contribution in [0.3, 0.4) is 0 Å². The van der Waals surface area contributed by atoms with Crippen LogP contribution in [-0.2, 0) is 28.6 Å². The van der Waals surface area contributed by atoms with Gasteiger partial charge in [0.05, 0.1) is 0 Å². The Labute approximate surface area is 365 Å². The number of ether oxygens (including phenoxy) is 3. The summed E-state index contributed by atoms with van der Waals surface area (Å²) in [5, 5.41) is 0. The first kappa shape index (κ1) is 56.4. The Hall–Kier alpha value is -2.63. The van der Waals surface area contributed by atoms with Gasteiger partial charge in [0.1, 0.15) is 13.2 Å². The van der Waals surface area contributed by atoms with Crippen molar-refractivity contribution in [2.24, 2.45) is 0 Å².